The van der Waals surface area contributed by atoms with Gasteiger partial charge in [0.15, 0.2) is 0 Å². The summed E-state index contributed by atoms with van der Waals surface area (Å²) in [5.74, 6) is 0.00676. The van der Waals surface area contributed by atoms with Gasteiger partial charge in [0, 0.05) is 16.8 Å². The van der Waals surface area contributed by atoms with Crippen LogP contribution in [-0.4, -0.2) is 13.0 Å². The third kappa shape index (κ3) is 3.20. The van der Waals surface area contributed by atoms with Crippen LogP contribution in [0.1, 0.15) is 15.9 Å². The molecule has 2 rings (SSSR count). The van der Waals surface area contributed by atoms with Crippen LogP contribution in [0.3, 0.4) is 0 Å². The molecule has 0 aliphatic heterocycles. The van der Waals surface area contributed by atoms with Crippen LogP contribution < -0.4 is 21.5 Å². The monoisotopic (exact) mass is 305 g/mol. The first-order chi connectivity index (χ1) is 9.92. The van der Waals surface area contributed by atoms with Crippen LogP contribution in [-0.2, 0) is 0 Å². The lowest BCUT2D eigenvalue weighted by atomic mass is 10.1. The first kappa shape index (κ1) is 15.0. The van der Waals surface area contributed by atoms with Gasteiger partial charge in [-0.1, -0.05) is 11.6 Å². The minimum absolute atomic E-state index is 0.310. The molecular formula is C15H16ClN3O2. The van der Waals surface area contributed by atoms with E-state index in [2.05, 4.69) is 5.32 Å². The summed E-state index contributed by atoms with van der Waals surface area (Å²) in [6.45, 7) is 1.88. The van der Waals surface area contributed by atoms with E-state index in [-0.39, 0.29) is 0 Å². The molecule has 0 saturated carbocycles. The number of halogens is 1. The van der Waals surface area contributed by atoms with Gasteiger partial charge >= 0.3 is 0 Å². The Morgan fingerprint density at radius 2 is 1.95 bits per heavy atom. The zero-order chi connectivity index (χ0) is 15.6. The molecule has 0 aromatic heterocycles. The SMILES string of the molecule is COc1cc(Cl)c(C)cc1Nc1ccc(N)cc1C(N)=O. The molecule has 0 spiro atoms. The van der Waals surface area contributed by atoms with Crippen molar-refractivity contribution in [3.8, 4) is 5.75 Å². The van der Waals surface area contributed by atoms with Gasteiger partial charge in [-0.3, -0.25) is 4.79 Å². The lowest BCUT2D eigenvalue weighted by Crippen LogP contribution is -2.14. The summed E-state index contributed by atoms with van der Waals surface area (Å²) in [5.41, 5.74) is 14.0. The predicted octanol–water partition coefficient (Wildman–Crippen LogP) is 3.08. The highest BCUT2D eigenvalue weighted by molar-refractivity contribution is 6.31. The number of carbonyl (C=O) groups excluding carboxylic acids is 1. The second-order valence-corrected chi connectivity index (χ2v) is 5.00. The van der Waals surface area contributed by atoms with E-state index in [0.29, 0.717) is 33.4 Å². The number of aryl methyl sites for hydroxylation is 1. The van der Waals surface area contributed by atoms with Crippen molar-refractivity contribution in [2.24, 2.45) is 5.73 Å². The minimum Gasteiger partial charge on any atom is -0.495 e. The number of primary amides is 1. The van der Waals surface area contributed by atoms with Gasteiger partial charge in [-0.05, 0) is 36.8 Å². The fraction of sp³-hybridized carbons (Fsp3) is 0.133. The van der Waals surface area contributed by atoms with Crippen molar-refractivity contribution in [2.45, 2.75) is 6.92 Å². The summed E-state index contributed by atoms with van der Waals surface area (Å²) in [7, 11) is 1.55. The molecule has 6 heteroatoms. The number of ether oxygens (including phenoxy) is 1. The van der Waals surface area contributed by atoms with Gasteiger partial charge in [-0.25, -0.2) is 0 Å². The summed E-state index contributed by atoms with van der Waals surface area (Å²) < 4.78 is 5.29. The molecule has 0 aliphatic rings. The molecule has 1 amide bonds. The number of anilines is 3. The average molecular weight is 306 g/mol. The van der Waals surface area contributed by atoms with E-state index >= 15 is 0 Å². The van der Waals surface area contributed by atoms with Crippen LogP contribution in [0.25, 0.3) is 0 Å². The number of methoxy groups -OCH3 is 1. The normalized spacial score (nSPS) is 10.2. The molecule has 0 fully saturated rings. The molecule has 5 nitrogen and oxygen atoms in total. The number of carbonyl (C=O) groups is 1. The number of nitrogens with two attached hydrogens (primary N) is 2. The molecule has 5 N–H and O–H groups in total. The van der Waals surface area contributed by atoms with Crippen LogP contribution >= 0.6 is 11.6 Å². The van der Waals surface area contributed by atoms with Crippen molar-refractivity contribution in [1.29, 1.82) is 0 Å². The van der Waals surface area contributed by atoms with Crippen molar-refractivity contribution in [1.82, 2.24) is 0 Å². The smallest absolute Gasteiger partial charge is 0.250 e. The summed E-state index contributed by atoms with van der Waals surface area (Å²) >= 11 is 6.07. The number of nitrogen functional groups attached to an aromatic ring is 1. The molecule has 2 aromatic carbocycles. The van der Waals surface area contributed by atoms with Gasteiger partial charge in [0.05, 0.1) is 24.0 Å². The number of rotatable bonds is 4. The number of hydrogen-bond donors (Lipinski definition) is 3. The molecule has 0 radical (unpaired) electrons. The van der Waals surface area contributed by atoms with E-state index in [9.17, 15) is 4.79 Å². The Hall–Kier alpha value is -2.40. The second kappa shape index (κ2) is 5.93. The van der Waals surface area contributed by atoms with Gasteiger partial charge in [0.2, 0.25) is 0 Å². The van der Waals surface area contributed by atoms with Crippen LogP contribution in [0.5, 0.6) is 5.75 Å². The Kier molecular flexibility index (Phi) is 4.23. The lowest BCUT2D eigenvalue weighted by Gasteiger charge is -2.15. The molecule has 0 heterocycles. The zero-order valence-corrected chi connectivity index (χ0v) is 12.5. The van der Waals surface area contributed by atoms with E-state index in [0.717, 1.165) is 5.56 Å². The summed E-state index contributed by atoms with van der Waals surface area (Å²) in [6.07, 6.45) is 0. The number of hydrogen-bond acceptors (Lipinski definition) is 4. The third-order valence-corrected chi connectivity index (χ3v) is 3.47. The maximum atomic E-state index is 11.5. The van der Waals surface area contributed by atoms with Crippen LogP contribution in [0.4, 0.5) is 17.1 Å². The maximum absolute atomic E-state index is 11.5. The topological polar surface area (TPSA) is 90.4 Å². The fourth-order valence-corrected chi connectivity index (χ4v) is 2.10. The zero-order valence-electron chi connectivity index (χ0n) is 11.7. The summed E-state index contributed by atoms with van der Waals surface area (Å²) in [6, 6.07) is 8.45. The molecule has 0 bridgehead atoms. The Morgan fingerprint density at radius 1 is 1.24 bits per heavy atom. The van der Waals surface area contributed by atoms with Gasteiger partial charge in [0.25, 0.3) is 5.91 Å². The van der Waals surface area contributed by atoms with Crippen molar-refractivity contribution in [3.63, 3.8) is 0 Å². The minimum atomic E-state index is -0.561. The molecular weight excluding hydrogens is 290 g/mol. The molecule has 0 atom stereocenters. The van der Waals surface area contributed by atoms with Gasteiger partial charge < -0.3 is 21.5 Å². The van der Waals surface area contributed by atoms with Gasteiger partial charge in [-0.2, -0.15) is 0 Å². The fourth-order valence-electron chi connectivity index (χ4n) is 1.95. The average Bonchev–Trinajstić information content (AvgIpc) is 2.44. The number of amides is 1. The Labute approximate surface area is 127 Å². The molecule has 0 unspecified atom stereocenters. The molecule has 0 saturated heterocycles. The van der Waals surface area contributed by atoms with E-state index in [1.165, 1.54) is 6.07 Å². The quantitative estimate of drug-likeness (QED) is 0.757. The maximum Gasteiger partial charge on any atom is 0.250 e. The standard InChI is InChI=1S/C15H16ClN3O2/c1-8-5-13(14(21-2)7-11(8)16)19-12-4-3-9(17)6-10(12)15(18)20/h3-7,19H,17H2,1-2H3,(H2,18,20). The van der Waals surface area contributed by atoms with Crippen molar-refractivity contribution in [2.75, 3.05) is 18.2 Å². The Balaban J connectivity index is 2.47. The highest BCUT2D eigenvalue weighted by atomic mass is 35.5. The molecule has 21 heavy (non-hydrogen) atoms. The van der Waals surface area contributed by atoms with Crippen molar-refractivity contribution >= 4 is 34.6 Å². The van der Waals surface area contributed by atoms with Crippen LogP contribution in [0.15, 0.2) is 30.3 Å². The summed E-state index contributed by atoms with van der Waals surface area (Å²) in [4.78, 5) is 11.5. The van der Waals surface area contributed by atoms with Crippen molar-refractivity contribution in [3.05, 3.63) is 46.5 Å². The van der Waals surface area contributed by atoms with Crippen LogP contribution in [0, 0.1) is 6.92 Å². The second-order valence-electron chi connectivity index (χ2n) is 4.60. The van der Waals surface area contributed by atoms with E-state index in [1.54, 1.807) is 25.3 Å². The summed E-state index contributed by atoms with van der Waals surface area (Å²) in [5, 5.41) is 3.73. The third-order valence-electron chi connectivity index (χ3n) is 3.06. The highest BCUT2D eigenvalue weighted by Crippen LogP contribution is 2.34. The molecule has 0 aliphatic carbocycles. The number of nitrogens with one attached hydrogen (secondary N) is 1. The first-order valence-corrected chi connectivity index (χ1v) is 6.60. The Morgan fingerprint density at radius 3 is 2.57 bits per heavy atom. The first-order valence-electron chi connectivity index (χ1n) is 6.23. The largest absolute Gasteiger partial charge is 0.495 e. The van der Waals surface area contributed by atoms with E-state index < -0.39 is 5.91 Å². The van der Waals surface area contributed by atoms with E-state index in [4.69, 9.17) is 27.8 Å². The van der Waals surface area contributed by atoms with Crippen LogP contribution in [0.2, 0.25) is 5.02 Å². The Bertz CT molecular complexity index is 702. The highest BCUT2D eigenvalue weighted by Gasteiger charge is 2.12. The molecule has 2 aromatic rings. The lowest BCUT2D eigenvalue weighted by molar-refractivity contribution is 0.100. The number of benzene rings is 2. The molecule has 110 valence electrons. The van der Waals surface area contributed by atoms with E-state index in [1.807, 2.05) is 13.0 Å². The van der Waals surface area contributed by atoms with Crippen molar-refractivity contribution < 1.29 is 9.53 Å². The van der Waals surface area contributed by atoms with Gasteiger partial charge in [0.1, 0.15) is 5.75 Å². The predicted molar refractivity (Wildman–Crippen MR) is 85.4 cm³/mol. The van der Waals surface area contributed by atoms with Gasteiger partial charge in [-0.15, -0.1) is 0 Å².